The molecule has 110 valence electrons. The van der Waals surface area contributed by atoms with Crippen molar-refractivity contribution < 1.29 is 19.1 Å². The molecule has 1 unspecified atom stereocenters. The Morgan fingerprint density at radius 2 is 2.24 bits per heavy atom. The van der Waals surface area contributed by atoms with E-state index in [4.69, 9.17) is 10.00 Å². The Morgan fingerprint density at radius 1 is 1.48 bits per heavy atom. The maximum atomic E-state index is 11.8. The minimum Gasteiger partial charge on any atom is -0.470 e. The van der Waals surface area contributed by atoms with Crippen LogP contribution in [-0.2, 0) is 14.3 Å². The number of hydrogen-bond acceptors (Lipinski definition) is 7. The highest BCUT2D eigenvalue weighted by atomic mass is 16.5. The van der Waals surface area contributed by atoms with Gasteiger partial charge in [-0.3, -0.25) is 4.79 Å². The van der Waals surface area contributed by atoms with Crippen LogP contribution in [0.5, 0.6) is 5.88 Å². The molecule has 1 aliphatic rings. The summed E-state index contributed by atoms with van der Waals surface area (Å²) < 4.78 is 10.2. The molecule has 0 radical (unpaired) electrons. The van der Waals surface area contributed by atoms with E-state index in [-0.39, 0.29) is 30.8 Å². The van der Waals surface area contributed by atoms with Gasteiger partial charge in [-0.15, -0.1) is 0 Å². The van der Waals surface area contributed by atoms with Crippen LogP contribution in [0.3, 0.4) is 0 Å². The van der Waals surface area contributed by atoms with Gasteiger partial charge in [-0.2, -0.15) is 5.26 Å². The zero-order valence-corrected chi connectivity index (χ0v) is 11.5. The number of nitriles is 1. The fourth-order valence-corrected chi connectivity index (χ4v) is 1.98. The van der Waals surface area contributed by atoms with Crippen LogP contribution in [0.15, 0.2) is 12.4 Å². The van der Waals surface area contributed by atoms with Crippen molar-refractivity contribution in [1.82, 2.24) is 14.9 Å². The molecule has 1 atom stereocenters. The lowest BCUT2D eigenvalue weighted by Crippen LogP contribution is -2.37. The highest BCUT2D eigenvalue weighted by Gasteiger charge is 2.32. The van der Waals surface area contributed by atoms with E-state index in [1.807, 2.05) is 6.07 Å². The van der Waals surface area contributed by atoms with Crippen molar-refractivity contribution in [1.29, 1.82) is 5.26 Å². The number of esters is 1. The Hall–Kier alpha value is -2.69. The first-order chi connectivity index (χ1) is 10.2. The van der Waals surface area contributed by atoms with Gasteiger partial charge in [0.05, 0.1) is 13.2 Å². The molecule has 1 amide bonds. The van der Waals surface area contributed by atoms with Gasteiger partial charge in [0.15, 0.2) is 0 Å². The van der Waals surface area contributed by atoms with E-state index >= 15 is 0 Å². The highest BCUT2D eigenvalue weighted by molar-refractivity contribution is 6.32. The van der Waals surface area contributed by atoms with Crippen LogP contribution in [0, 0.1) is 11.3 Å². The Kier molecular flexibility index (Phi) is 4.66. The summed E-state index contributed by atoms with van der Waals surface area (Å²) in [6.07, 6.45) is 3.04. The lowest BCUT2D eigenvalue weighted by atomic mass is 10.3. The van der Waals surface area contributed by atoms with Crippen LogP contribution in [-0.4, -0.2) is 52.5 Å². The summed E-state index contributed by atoms with van der Waals surface area (Å²) in [6.45, 7) is 2.44. The molecule has 2 rings (SSSR count). The van der Waals surface area contributed by atoms with E-state index < -0.39 is 11.9 Å². The normalized spacial score (nSPS) is 17.1. The fraction of sp³-hybridized carbons (Fsp3) is 0.462. The van der Waals surface area contributed by atoms with E-state index in [2.05, 4.69) is 14.7 Å². The van der Waals surface area contributed by atoms with Crippen molar-refractivity contribution in [2.45, 2.75) is 19.4 Å². The number of aromatic nitrogens is 2. The van der Waals surface area contributed by atoms with Gasteiger partial charge in [0.2, 0.25) is 5.69 Å². The lowest BCUT2D eigenvalue weighted by Gasteiger charge is -2.15. The number of amides is 1. The summed E-state index contributed by atoms with van der Waals surface area (Å²) in [6, 6.07) is 1.89. The van der Waals surface area contributed by atoms with Crippen LogP contribution < -0.4 is 4.74 Å². The summed E-state index contributed by atoms with van der Waals surface area (Å²) in [5.74, 6) is -1.41. The smallest absolute Gasteiger partial charge is 0.397 e. The van der Waals surface area contributed by atoms with Crippen molar-refractivity contribution in [3.05, 3.63) is 18.1 Å². The third-order valence-corrected chi connectivity index (χ3v) is 2.93. The van der Waals surface area contributed by atoms with Crippen molar-refractivity contribution in [3.8, 4) is 11.9 Å². The second kappa shape index (κ2) is 6.65. The molecule has 0 N–H and O–H groups in total. The number of carbonyl (C=O) groups is 2. The molecule has 1 saturated heterocycles. The molecule has 2 heterocycles. The molecule has 8 heteroatoms. The minimum absolute atomic E-state index is 0.0904. The molecule has 1 aliphatic heterocycles. The molecule has 0 aromatic carbocycles. The van der Waals surface area contributed by atoms with Crippen LogP contribution in [0.2, 0.25) is 0 Å². The number of nitrogens with zero attached hydrogens (tertiary/aromatic N) is 4. The first-order valence-corrected chi connectivity index (χ1v) is 6.49. The molecular weight excluding hydrogens is 276 g/mol. The molecular formula is C13H14N4O4. The number of ether oxygens (including phenoxy) is 2. The second-order valence-electron chi connectivity index (χ2n) is 4.32. The monoisotopic (exact) mass is 290 g/mol. The van der Waals surface area contributed by atoms with Gasteiger partial charge in [0.1, 0.15) is 12.2 Å². The van der Waals surface area contributed by atoms with Crippen LogP contribution in [0.1, 0.15) is 19.0 Å². The highest BCUT2D eigenvalue weighted by Crippen LogP contribution is 2.18. The maximum Gasteiger partial charge on any atom is 0.397 e. The standard InChI is InChI=1S/C13H14N4O4/c1-2-20-13(19)12(18)17-6-3-9(8-17)21-11-10(7-14)15-4-5-16-11/h4-5,9H,2-3,6,8H2,1H3. The number of likely N-dealkylation sites (tertiary alicyclic amines) is 1. The third-order valence-electron chi connectivity index (χ3n) is 2.93. The SMILES string of the molecule is CCOC(=O)C(=O)N1CCC(Oc2nccnc2C#N)C1. The summed E-state index contributed by atoms with van der Waals surface area (Å²) >= 11 is 0. The Bertz CT molecular complexity index is 584. The summed E-state index contributed by atoms with van der Waals surface area (Å²) in [7, 11) is 0. The molecule has 0 aliphatic carbocycles. The third kappa shape index (κ3) is 3.45. The van der Waals surface area contributed by atoms with Crippen molar-refractivity contribution in [3.63, 3.8) is 0 Å². The van der Waals surface area contributed by atoms with Crippen molar-refractivity contribution in [2.75, 3.05) is 19.7 Å². The van der Waals surface area contributed by atoms with Crippen molar-refractivity contribution >= 4 is 11.9 Å². The quantitative estimate of drug-likeness (QED) is 0.565. The van der Waals surface area contributed by atoms with Gasteiger partial charge in [-0.05, 0) is 6.92 Å². The van der Waals surface area contributed by atoms with Crippen LogP contribution in [0.4, 0.5) is 0 Å². The number of carbonyl (C=O) groups excluding carboxylic acids is 2. The van der Waals surface area contributed by atoms with Gasteiger partial charge < -0.3 is 14.4 Å². The lowest BCUT2D eigenvalue weighted by molar-refractivity contribution is -0.159. The minimum atomic E-state index is -0.865. The molecule has 1 aromatic rings. The molecule has 1 aromatic heterocycles. The van der Waals surface area contributed by atoms with Gasteiger partial charge in [0, 0.05) is 25.4 Å². The van der Waals surface area contributed by atoms with Gasteiger partial charge in [-0.25, -0.2) is 14.8 Å². The van der Waals surface area contributed by atoms with Gasteiger partial charge >= 0.3 is 11.9 Å². The molecule has 8 nitrogen and oxygen atoms in total. The van der Waals surface area contributed by atoms with Gasteiger partial charge in [0.25, 0.3) is 5.88 Å². The van der Waals surface area contributed by atoms with E-state index in [0.717, 1.165) is 0 Å². The van der Waals surface area contributed by atoms with Crippen LogP contribution in [0.25, 0.3) is 0 Å². The Labute approximate surface area is 121 Å². The zero-order valence-electron chi connectivity index (χ0n) is 11.5. The first kappa shape index (κ1) is 14.7. The van der Waals surface area contributed by atoms with Gasteiger partial charge in [-0.1, -0.05) is 0 Å². The Balaban J connectivity index is 1.95. The molecule has 0 spiro atoms. The average Bonchev–Trinajstić information content (AvgIpc) is 2.95. The number of rotatable bonds is 3. The van der Waals surface area contributed by atoms with E-state index in [9.17, 15) is 9.59 Å². The molecule has 1 fully saturated rings. The molecule has 0 bridgehead atoms. The Morgan fingerprint density at radius 3 is 2.95 bits per heavy atom. The average molecular weight is 290 g/mol. The molecule has 0 saturated carbocycles. The van der Waals surface area contributed by atoms with E-state index in [1.165, 1.54) is 17.3 Å². The first-order valence-electron chi connectivity index (χ1n) is 6.49. The number of hydrogen-bond donors (Lipinski definition) is 0. The predicted octanol–water partition coefficient (Wildman–Crippen LogP) is -0.109. The summed E-state index contributed by atoms with van der Waals surface area (Å²) in [5.41, 5.74) is 0.0904. The summed E-state index contributed by atoms with van der Waals surface area (Å²) in [5, 5.41) is 8.91. The second-order valence-corrected chi connectivity index (χ2v) is 4.32. The van der Waals surface area contributed by atoms with Crippen LogP contribution >= 0.6 is 0 Å². The van der Waals surface area contributed by atoms with Crippen molar-refractivity contribution in [2.24, 2.45) is 0 Å². The molecule has 21 heavy (non-hydrogen) atoms. The van der Waals surface area contributed by atoms with E-state index in [0.29, 0.717) is 13.0 Å². The summed E-state index contributed by atoms with van der Waals surface area (Å²) in [4.78, 5) is 32.3. The topological polar surface area (TPSA) is 105 Å². The largest absolute Gasteiger partial charge is 0.470 e. The fourth-order valence-electron chi connectivity index (χ4n) is 1.98. The zero-order chi connectivity index (χ0) is 15.2. The predicted molar refractivity (Wildman–Crippen MR) is 69.0 cm³/mol. The maximum absolute atomic E-state index is 11.8. The van der Waals surface area contributed by atoms with E-state index in [1.54, 1.807) is 6.92 Å².